The van der Waals surface area contributed by atoms with Crippen LogP contribution in [0.1, 0.15) is 11.5 Å². The fourth-order valence-electron chi connectivity index (χ4n) is 2.29. The van der Waals surface area contributed by atoms with Gasteiger partial charge in [0.05, 0.1) is 11.5 Å². The molecule has 0 aliphatic carbocycles. The molecule has 25 heavy (non-hydrogen) atoms. The zero-order valence-corrected chi connectivity index (χ0v) is 14.5. The van der Waals surface area contributed by atoms with Gasteiger partial charge in [-0.05, 0) is 12.0 Å². The maximum absolute atomic E-state index is 11.9. The summed E-state index contributed by atoms with van der Waals surface area (Å²) in [6.07, 6.45) is 0.835. The van der Waals surface area contributed by atoms with Gasteiger partial charge >= 0.3 is 0 Å². The number of thioether (sulfide) groups is 1. The highest BCUT2D eigenvalue weighted by Gasteiger charge is 2.09. The van der Waals surface area contributed by atoms with Crippen molar-refractivity contribution in [3.8, 4) is 11.4 Å². The minimum Gasteiger partial charge on any atom is -0.355 e. The minimum absolute atomic E-state index is 0.0173. The van der Waals surface area contributed by atoms with Gasteiger partial charge in [-0.3, -0.25) is 4.79 Å². The second kappa shape index (κ2) is 9.03. The van der Waals surface area contributed by atoms with E-state index in [1.165, 1.54) is 17.3 Å². The first kappa shape index (κ1) is 17.2. The predicted molar refractivity (Wildman–Crippen MR) is 99.1 cm³/mol. The van der Waals surface area contributed by atoms with Gasteiger partial charge in [0.25, 0.3) is 0 Å². The number of hydrogen-bond acceptors (Lipinski definition) is 5. The van der Waals surface area contributed by atoms with Crippen LogP contribution in [0.2, 0.25) is 0 Å². The molecule has 3 rings (SSSR count). The van der Waals surface area contributed by atoms with E-state index in [0.29, 0.717) is 29.8 Å². The van der Waals surface area contributed by atoms with Crippen molar-refractivity contribution in [2.24, 2.45) is 0 Å². The lowest BCUT2D eigenvalue weighted by atomic mass is 10.1. The standard InChI is InChI=1S/C19H19N3O2S/c23-17(20-12-11-15-7-3-1-4-8-15)13-25-14-18-21-19(22-24-18)16-9-5-2-6-10-16/h1-10H,11-14H2,(H,20,23). The summed E-state index contributed by atoms with van der Waals surface area (Å²) in [5.74, 6) is 2.01. The van der Waals surface area contributed by atoms with Crippen LogP contribution in [0.3, 0.4) is 0 Å². The molecule has 3 aromatic rings. The fourth-order valence-corrected chi connectivity index (χ4v) is 2.97. The van der Waals surface area contributed by atoms with Crippen LogP contribution in [-0.2, 0) is 17.0 Å². The van der Waals surface area contributed by atoms with E-state index in [1.807, 2.05) is 48.5 Å². The largest absolute Gasteiger partial charge is 0.355 e. The van der Waals surface area contributed by atoms with E-state index < -0.39 is 0 Å². The van der Waals surface area contributed by atoms with Crippen molar-refractivity contribution in [1.82, 2.24) is 15.5 Å². The van der Waals surface area contributed by atoms with Gasteiger partial charge in [0, 0.05) is 12.1 Å². The smallest absolute Gasteiger partial charge is 0.236 e. The lowest BCUT2D eigenvalue weighted by Gasteiger charge is -2.04. The van der Waals surface area contributed by atoms with Gasteiger partial charge in [0.1, 0.15) is 0 Å². The molecular weight excluding hydrogens is 334 g/mol. The lowest BCUT2D eigenvalue weighted by Crippen LogP contribution is -2.27. The van der Waals surface area contributed by atoms with Crippen molar-refractivity contribution in [1.29, 1.82) is 0 Å². The lowest BCUT2D eigenvalue weighted by molar-refractivity contribution is -0.118. The third-order valence-corrected chi connectivity index (χ3v) is 4.45. The quantitative estimate of drug-likeness (QED) is 0.673. The van der Waals surface area contributed by atoms with Gasteiger partial charge in [0.15, 0.2) is 0 Å². The molecule has 128 valence electrons. The van der Waals surface area contributed by atoms with Crippen molar-refractivity contribution in [3.05, 3.63) is 72.1 Å². The highest BCUT2D eigenvalue weighted by molar-refractivity contribution is 7.99. The Morgan fingerprint density at radius 1 is 1.04 bits per heavy atom. The normalized spacial score (nSPS) is 10.6. The van der Waals surface area contributed by atoms with Gasteiger partial charge in [-0.2, -0.15) is 4.98 Å². The van der Waals surface area contributed by atoms with Gasteiger partial charge in [0.2, 0.25) is 17.6 Å². The Labute approximate surface area is 150 Å². The molecular formula is C19H19N3O2S. The highest BCUT2D eigenvalue weighted by Crippen LogP contribution is 2.17. The molecule has 0 radical (unpaired) electrons. The summed E-state index contributed by atoms with van der Waals surface area (Å²) >= 11 is 1.46. The van der Waals surface area contributed by atoms with Crippen LogP contribution in [-0.4, -0.2) is 28.3 Å². The molecule has 0 fully saturated rings. The van der Waals surface area contributed by atoms with Crippen molar-refractivity contribution in [3.63, 3.8) is 0 Å². The summed E-state index contributed by atoms with van der Waals surface area (Å²) in [6, 6.07) is 19.8. The molecule has 1 heterocycles. The van der Waals surface area contributed by atoms with E-state index in [-0.39, 0.29) is 5.91 Å². The minimum atomic E-state index is 0.0173. The van der Waals surface area contributed by atoms with E-state index in [0.717, 1.165) is 12.0 Å². The molecule has 1 N–H and O–H groups in total. The third kappa shape index (κ3) is 5.46. The van der Waals surface area contributed by atoms with Crippen LogP contribution >= 0.6 is 11.8 Å². The molecule has 6 heteroatoms. The van der Waals surface area contributed by atoms with E-state index in [1.54, 1.807) is 0 Å². The summed E-state index contributed by atoms with van der Waals surface area (Å²) in [7, 11) is 0. The van der Waals surface area contributed by atoms with Crippen LogP contribution in [0, 0.1) is 0 Å². The Morgan fingerprint density at radius 3 is 2.52 bits per heavy atom. The zero-order chi connectivity index (χ0) is 17.3. The van der Waals surface area contributed by atoms with Gasteiger partial charge in [-0.1, -0.05) is 65.8 Å². The van der Waals surface area contributed by atoms with E-state index in [4.69, 9.17) is 4.52 Å². The summed E-state index contributed by atoms with van der Waals surface area (Å²) in [5.41, 5.74) is 2.14. The highest BCUT2D eigenvalue weighted by atomic mass is 32.2. The first-order valence-electron chi connectivity index (χ1n) is 8.07. The number of carbonyl (C=O) groups is 1. The van der Waals surface area contributed by atoms with E-state index in [2.05, 4.69) is 27.6 Å². The molecule has 2 aromatic carbocycles. The molecule has 0 spiro atoms. The Balaban J connectivity index is 1.36. The van der Waals surface area contributed by atoms with E-state index in [9.17, 15) is 4.79 Å². The van der Waals surface area contributed by atoms with E-state index >= 15 is 0 Å². The molecule has 0 atom stereocenters. The average Bonchev–Trinajstić information content (AvgIpc) is 3.12. The molecule has 1 amide bonds. The molecule has 0 bridgehead atoms. The summed E-state index contributed by atoms with van der Waals surface area (Å²) in [4.78, 5) is 16.2. The fraction of sp³-hybridized carbons (Fsp3) is 0.211. The topological polar surface area (TPSA) is 68.0 Å². The SMILES string of the molecule is O=C(CSCc1nc(-c2ccccc2)no1)NCCc1ccccc1. The number of aromatic nitrogens is 2. The molecule has 0 saturated heterocycles. The predicted octanol–water partition coefficient (Wildman–Crippen LogP) is 3.33. The van der Waals surface area contributed by atoms with Crippen LogP contribution in [0.5, 0.6) is 0 Å². The van der Waals surface area contributed by atoms with Crippen molar-refractivity contribution >= 4 is 17.7 Å². The number of amides is 1. The van der Waals surface area contributed by atoms with Crippen LogP contribution in [0.4, 0.5) is 0 Å². The maximum atomic E-state index is 11.9. The zero-order valence-electron chi connectivity index (χ0n) is 13.7. The van der Waals surface area contributed by atoms with Crippen LogP contribution < -0.4 is 5.32 Å². The molecule has 0 unspecified atom stereocenters. The second-order valence-electron chi connectivity index (χ2n) is 5.46. The Morgan fingerprint density at radius 2 is 1.76 bits per heavy atom. The van der Waals surface area contributed by atoms with Crippen LogP contribution in [0.25, 0.3) is 11.4 Å². The Kier molecular flexibility index (Phi) is 6.23. The summed E-state index contributed by atoms with van der Waals surface area (Å²) in [5, 5.41) is 6.89. The number of rotatable bonds is 8. The molecule has 5 nitrogen and oxygen atoms in total. The van der Waals surface area contributed by atoms with Gasteiger partial charge < -0.3 is 9.84 Å². The number of benzene rings is 2. The molecule has 1 aromatic heterocycles. The summed E-state index contributed by atoms with van der Waals surface area (Å²) < 4.78 is 5.23. The number of nitrogens with one attached hydrogen (secondary N) is 1. The first-order valence-corrected chi connectivity index (χ1v) is 9.23. The number of nitrogens with zero attached hydrogens (tertiary/aromatic N) is 2. The third-order valence-electron chi connectivity index (χ3n) is 3.54. The van der Waals surface area contributed by atoms with Crippen molar-refractivity contribution < 1.29 is 9.32 Å². The Bertz CT molecular complexity index is 791. The Hall–Kier alpha value is -2.60. The average molecular weight is 353 g/mol. The monoisotopic (exact) mass is 353 g/mol. The number of hydrogen-bond donors (Lipinski definition) is 1. The molecule has 0 aliphatic rings. The van der Waals surface area contributed by atoms with Crippen molar-refractivity contribution in [2.45, 2.75) is 12.2 Å². The van der Waals surface area contributed by atoms with Crippen molar-refractivity contribution in [2.75, 3.05) is 12.3 Å². The molecule has 0 aliphatic heterocycles. The van der Waals surface area contributed by atoms with Crippen LogP contribution in [0.15, 0.2) is 65.2 Å². The van der Waals surface area contributed by atoms with Gasteiger partial charge in [-0.15, -0.1) is 11.8 Å². The second-order valence-corrected chi connectivity index (χ2v) is 6.44. The van der Waals surface area contributed by atoms with Gasteiger partial charge in [-0.25, -0.2) is 0 Å². The number of carbonyl (C=O) groups excluding carboxylic acids is 1. The first-order chi connectivity index (χ1) is 12.3. The maximum Gasteiger partial charge on any atom is 0.236 e. The molecule has 0 saturated carbocycles. The summed E-state index contributed by atoms with van der Waals surface area (Å²) in [6.45, 7) is 0.641.